The minimum absolute atomic E-state index is 0.220. The zero-order valence-corrected chi connectivity index (χ0v) is 10.9. The first-order chi connectivity index (χ1) is 9.08. The highest BCUT2D eigenvalue weighted by Gasteiger charge is 2.12. The van der Waals surface area contributed by atoms with Crippen molar-refractivity contribution in [3.05, 3.63) is 46.0 Å². The summed E-state index contributed by atoms with van der Waals surface area (Å²) in [6.45, 7) is 2.05. The molecule has 0 saturated heterocycles. The maximum atomic E-state index is 11.8. The van der Waals surface area contributed by atoms with E-state index < -0.39 is 5.97 Å². The topological polar surface area (TPSA) is 92.2 Å². The van der Waals surface area contributed by atoms with Crippen molar-refractivity contribution in [2.24, 2.45) is 0 Å². The van der Waals surface area contributed by atoms with Gasteiger partial charge in [0.05, 0.1) is 11.3 Å². The number of rotatable bonds is 4. The van der Waals surface area contributed by atoms with E-state index in [4.69, 9.17) is 5.11 Å². The molecule has 2 rings (SSSR count). The summed E-state index contributed by atoms with van der Waals surface area (Å²) in [4.78, 5) is 23.0. The Morgan fingerprint density at radius 2 is 2.00 bits per heavy atom. The predicted octanol–water partition coefficient (Wildman–Crippen LogP) is 1.47. The monoisotopic (exact) mass is 277 g/mol. The minimum atomic E-state index is -0.970. The van der Waals surface area contributed by atoms with E-state index in [1.165, 1.54) is 12.1 Å². The molecule has 0 spiro atoms. The lowest BCUT2D eigenvalue weighted by Gasteiger charge is -2.04. The van der Waals surface area contributed by atoms with Crippen molar-refractivity contribution in [3.8, 4) is 0 Å². The van der Waals surface area contributed by atoms with E-state index >= 15 is 0 Å². The fourth-order valence-electron chi connectivity index (χ4n) is 1.47. The van der Waals surface area contributed by atoms with Gasteiger partial charge in [-0.2, -0.15) is 0 Å². The van der Waals surface area contributed by atoms with Crippen LogP contribution in [0, 0.1) is 6.92 Å². The highest BCUT2D eigenvalue weighted by atomic mass is 32.1. The summed E-state index contributed by atoms with van der Waals surface area (Å²) in [5.41, 5.74) is 1.65. The molecule has 19 heavy (non-hydrogen) atoms. The molecule has 0 saturated carbocycles. The molecule has 0 atom stereocenters. The number of amides is 1. The van der Waals surface area contributed by atoms with Gasteiger partial charge in [0, 0.05) is 6.54 Å². The van der Waals surface area contributed by atoms with Crippen LogP contribution >= 0.6 is 11.5 Å². The van der Waals surface area contributed by atoms with E-state index in [2.05, 4.69) is 14.9 Å². The van der Waals surface area contributed by atoms with Crippen LogP contribution in [-0.2, 0) is 6.54 Å². The summed E-state index contributed by atoms with van der Waals surface area (Å²) >= 11 is 1.05. The number of carbonyl (C=O) groups excluding carboxylic acids is 1. The van der Waals surface area contributed by atoms with E-state index in [9.17, 15) is 9.59 Å². The largest absolute Gasteiger partial charge is 0.478 e. The molecule has 0 aliphatic carbocycles. The number of carboxylic acid groups (broad SMARTS) is 1. The van der Waals surface area contributed by atoms with Gasteiger partial charge in [0.25, 0.3) is 5.91 Å². The maximum absolute atomic E-state index is 11.8. The quantitative estimate of drug-likeness (QED) is 0.883. The number of nitrogens with zero attached hydrogens (tertiary/aromatic N) is 2. The summed E-state index contributed by atoms with van der Waals surface area (Å²) in [5.74, 6) is -1.20. The highest BCUT2D eigenvalue weighted by Crippen LogP contribution is 2.09. The molecule has 0 bridgehead atoms. The van der Waals surface area contributed by atoms with Gasteiger partial charge in [-0.15, -0.1) is 5.10 Å². The zero-order valence-electron chi connectivity index (χ0n) is 10.1. The van der Waals surface area contributed by atoms with Crippen molar-refractivity contribution in [3.63, 3.8) is 0 Å². The summed E-state index contributed by atoms with van der Waals surface area (Å²) in [6, 6.07) is 6.34. The van der Waals surface area contributed by atoms with Gasteiger partial charge in [-0.1, -0.05) is 16.6 Å². The standard InChI is InChI=1S/C12H11N3O3S/c1-7-10(19-15-14-7)11(16)13-6-8-2-4-9(5-3-8)12(17)18/h2-5H,6H2,1H3,(H,13,16)(H,17,18). The number of benzene rings is 1. The second kappa shape index (κ2) is 5.57. The van der Waals surface area contributed by atoms with Gasteiger partial charge in [0.2, 0.25) is 0 Å². The molecule has 0 aliphatic rings. The lowest BCUT2D eigenvalue weighted by atomic mass is 10.1. The zero-order chi connectivity index (χ0) is 13.8. The maximum Gasteiger partial charge on any atom is 0.335 e. The molecule has 1 aromatic carbocycles. The van der Waals surface area contributed by atoms with Crippen LogP contribution in [0.25, 0.3) is 0 Å². The SMILES string of the molecule is Cc1nnsc1C(=O)NCc1ccc(C(=O)O)cc1. The Kier molecular flexibility index (Phi) is 3.86. The van der Waals surface area contributed by atoms with Crippen LogP contribution in [0.4, 0.5) is 0 Å². The van der Waals surface area contributed by atoms with Gasteiger partial charge < -0.3 is 10.4 Å². The smallest absolute Gasteiger partial charge is 0.335 e. The number of hydrogen-bond acceptors (Lipinski definition) is 5. The van der Waals surface area contributed by atoms with E-state index in [1.807, 2.05) is 0 Å². The van der Waals surface area contributed by atoms with Gasteiger partial charge in [0.1, 0.15) is 4.88 Å². The number of nitrogens with one attached hydrogen (secondary N) is 1. The fraction of sp³-hybridized carbons (Fsp3) is 0.167. The Morgan fingerprint density at radius 1 is 1.32 bits per heavy atom. The van der Waals surface area contributed by atoms with E-state index in [1.54, 1.807) is 19.1 Å². The number of aryl methyl sites for hydroxylation is 1. The van der Waals surface area contributed by atoms with E-state index in [-0.39, 0.29) is 11.5 Å². The van der Waals surface area contributed by atoms with Crippen molar-refractivity contribution in [2.75, 3.05) is 0 Å². The Bertz CT molecular complexity index is 607. The minimum Gasteiger partial charge on any atom is -0.478 e. The van der Waals surface area contributed by atoms with Crippen LogP contribution < -0.4 is 5.32 Å². The lowest BCUT2D eigenvalue weighted by Crippen LogP contribution is -2.22. The molecule has 2 N–H and O–H groups in total. The summed E-state index contributed by atoms with van der Waals surface area (Å²) in [5, 5.41) is 15.3. The van der Waals surface area contributed by atoms with Crippen molar-refractivity contribution in [1.29, 1.82) is 0 Å². The average molecular weight is 277 g/mol. The first-order valence-electron chi connectivity index (χ1n) is 5.47. The average Bonchev–Trinajstić information content (AvgIpc) is 2.83. The van der Waals surface area contributed by atoms with Gasteiger partial charge in [-0.25, -0.2) is 4.79 Å². The molecule has 2 aromatic rings. The third-order valence-electron chi connectivity index (χ3n) is 2.51. The molecule has 0 unspecified atom stereocenters. The van der Waals surface area contributed by atoms with Crippen LogP contribution in [-0.4, -0.2) is 26.6 Å². The van der Waals surface area contributed by atoms with Crippen LogP contribution in [0.5, 0.6) is 0 Å². The van der Waals surface area contributed by atoms with Crippen LogP contribution in [0.3, 0.4) is 0 Å². The fourth-order valence-corrected chi connectivity index (χ4v) is 2.04. The normalized spacial score (nSPS) is 10.2. The Morgan fingerprint density at radius 3 is 2.53 bits per heavy atom. The third-order valence-corrected chi connectivity index (χ3v) is 3.34. The molecule has 6 nitrogen and oxygen atoms in total. The van der Waals surface area contributed by atoms with Gasteiger partial charge >= 0.3 is 5.97 Å². The molecular weight excluding hydrogens is 266 g/mol. The summed E-state index contributed by atoms with van der Waals surface area (Å²) < 4.78 is 3.69. The Labute approximate surface area is 113 Å². The number of aromatic carboxylic acids is 1. The van der Waals surface area contributed by atoms with Crippen LogP contribution in [0.2, 0.25) is 0 Å². The van der Waals surface area contributed by atoms with Crippen molar-refractivity contribution in [2.45, 2.75) is 13.5 Å². The molecule has 98 valence electrons. The molecule has 1 amide bonds. The van der Waals surface area contributed by atoms with E-state index in [0.717, 1.165) is 17.1 Å². The molecule has 0 radical (unpaired) electrons. The molecule has 7 heteroatoms. The first kappa shape index (κ1) is 13.2. The lowest BCUT2D eigenvalue weighted by molar-refractivity contribution is 0.0696. The molecule has 0 fully saturated rings. The molecular formula is C12H11N3O3S. The number of aromatic nitrogens is 2. The second-order valence-electron chi connectivity index (χ2n) is 3.87. The molecule has 1 heterocycles. The summed E-state index contributed by atoms with van der Waals surface area (Å²) in [6.07, 6.45) is 0. The van der Waals surface area contributed by atoms with Gasteiger partial charge in [0.15, 0.2) is 0 Å². The van der Waals surface area contributed by atoms with Gasteiger partial charge in [-0.3, -0.25) is 4.79 Å². The van der Waals surface area contributed by atoms with Gasteiger partial charge in [-0.05, 0) is 36.2 Å². The van der Waals surface area contributed by atoms with E-state index in [0.29, 0.717) is 17.1 Å². The van der Waals surface area contributed by atoms with Crippen molar-refractivity contribution >= 4 is 23.4 Å². The Balaban J connectivity index is 1.97. The second-order valence-corrected chi connectivity index (χ2v) is 4.63. The van der Waals surface area contributed by atoms with Crippen molar-refractivity contribution in [1.82, 2.24) is 14.9 Å². The molecule has 0 aliphatic heterocycles. The highest BCUT2D eigenvalue weighted by molar-refractivity contribution is 7.07. The van der Waals surface area contributed by atoms with Crippen molar-refractivity contribution < 1.29 is 14.7 Å². The number of carboxylic acids is 1. The molecule has 1 aromatic heterocycles. The summed E-state index contributed by atoms with van der Waals surface area (Å²) in [7, 11) is 0. The first-order valence-corrected chi connectivity index (χ1v) is 6.24. The predicted molar refractivity (Wildman–Crippen MR) is 69.2 cm³/mol. The number of hydrogen-bond donors (Lipinski definition) is 2. The van der Waals surface area contributed by atoms with Crippen LogP contribution in [0.1, 0.15) is 31.3 Å². The number of carbonyl (C=O) groups is 2. The van der Waals surface area contributed by atoms with Crippen LogP contribution in [0.15, 0.2) is 24.3 Å². The Hall–Kier alpha value is -2.28. The third kappa shape index (κ3) is 3.14.